The van der Waals surface area contributed by atoms with Crippen LogP contribution in [0.3, 0.4) is 0 Å². The number of nitrogens with one attached hydrogen (secondary N) is 2. The molecule has 3 aromatic rings. The highest BCUT2D eigenvalue weighted by Gasteiger charge is 2.07. The van der Waals surface area contributed by atoms with Crippen LogP contribution >= 0.6 is 11.6 Å². The molecule has 0 aliphatic carbocycles. The van der Waals surface area contributed by atoms with Crippen molar-refractivity contribution in [1.29, 1.82) is 0 Å². The van der Waals surface area contributed by atoms with Crippen LogP contribution in [0.2, 0.25) is 5.02 Å². The van der Waals surface area contributed by atoms with Gasteiger partial charge in [-0.15, -0.1) is 0 Å². The highest BCUT2D eigenvalue weighted by Crippen LogP contribution is 2.26. The fraction of sp³-hybridized carbons (Fsp3) is 0.158. The summed E-state index contributed by atoms with van der Waals surface area (Å²) < 4.78 is 0. The lowest BCUT2D eigenvalue weighted by Crippen LogP contribution is -2.03. The lowest BCUT2D eigenvalue weighted by Gasteiger charge is -2.12. The maximum atomic E-state index is 6.17. The molecule has 24 heavy (non-hydrogen) atoms. The van der Waals surface area contributed by atoms with Gasteiger partial charge in [0.2, 0.25) is 5.95 Å². The molecule has 0 atom stereocenters. The smallest absolute Gasteiger partial charge is 0.229 e. The van der Waals surface area contributed by atoms with Crippen molar-refractivity contribution in [2.24, 2.45) is 0 Å². The molecule has 0 saturated heterocycles. The Morgan fingerprint density at radius 3 is 2.38 bits per heavy atom. The Kier molecular flexibility index (Phi) is 4.67. The molecule has 2 N–H and O–H groups in total. The van der Waals surface area contributed by atoms with Crippen molar-refractivity contribution >= 4 is 34.7 Å². The maximum Gasteiger partial charge on any atom is 0.229 e. The Balaban J connectivity index is 1.86. The van der Waals surface area contributed by atoms with Gasteiger partial charge < -0.3 is 10.6 Å². The second kappa shape index (κ2) is 6.89. The van der Waals surface area contributed by atoms with E-state index in [1.54, 1.807) is 0 Å². The Hall–Kier alpha value is -2.59. The Bertz CT molecular complexity index is 860. The van der Waals surface area contributed by atoms with Crippen molar-refractivity contribution in [3.63, 3.8) is 0 Å². The van der Waals surface area contributed by atoms with Gasteiger partial charge in [-0.2, -0.15) is 4.98 Å². The number of aromatic nitrogens is 2. The summed E-state index contributed by atoms with van der Waals surface area (Å²) in [7, 11) is 0. The van der Waals surface area contributed by atoms with Gasteiger partial charge in [-0.05, 0) is 50.6 Å². The van der Waals surface area contributed by atoms with Crippen molar-refractivity contribution in [1.82, 2.24) is 9.97 Å². The van der Waals surface area contributed by atoms with Crippen LogP contribution in [0.1, 0.15) is 16.8 Å². The van der Waals surface area contributed by atoms with Crippen LogP contribution in [0.25, 0.3) is 0 Å². The fourth-order valence-electron chi connectivity index (χ4n) is 2.34. The standard InChI is InChI=1S/C19H19ClN4/c1-12-7-9-15(10-8-12)22-18-11-13(2)21-19(24-18)23-17-6-4-5-16(20)14(17)3/h4-11H,1-3H3,(H2,21,22,23,24). The molecule has 0 aliphatic heterocycles. The Morgan fingerprint density at radius 1 is 0.875 bits per heavy atom. The lowest BCUT2D eigenvalue weighted by atomic mass is 10.2. The lowest BCUT2D eigenvalue weighted by molar-refractivity contribution is 1.10. The van der Waals surface area contributed by atoms with Gasteiger partial charge in [0.05, 0.1) is 0 Å². The van der Waals surface area contributed by atoms with Gasteiger partial charge in [0.15, 0.2) is 0 Å². The molecular formula is C19H19ClN4. The summed E-state index contributed by atoms with van der Waals surface area (Å²) in [5.41, 5.74) is 4.95. The van der Waals surface area contributed by atoms with Gasteiger partial charge in [0, 0.05) is 28.2 Å². The van der Waals surface area contributed by atoms with Crippen LogP contribution in [-0.4, -0.2) is 9.97 Å². The fourth-order valence-corrected chi connectivity index (χ4v) is 2.51. The molecule has 0 radical (unpaired) electrons. The first-order valence-corrected chi connectivity index (χ1v) is 8.10. The van der Waals surface area contributed by atoms with Gasteiger partial charge in [0.25, 0.3) is 0 Å². The predicted octanol–water partition coefficient (Wildman–Crippen LogP) is 5.54. The Morgan fingerprint density at radius 2 is 1.62 bits per heavy atom. The normalized spacial score (nSPS) is 10.5. The highest BCUT2D eigenvalue weighted by atomic mass is 35.5. The van der Waals surface area contributed by atoms with E-state index in [0.717, 1.165) is 28.5 Å². The van der Waals surface area contributed by atoms with E-state index in [2.05, 4.69) is 39.7 Å². The van der Waals surface area contributed by atoms with Gasteiger partial charge in [-0.3, -0.25) is 0 Å². The second-order valence-electron chi connectivity index (χ2n) is 5.75. The summed E-state index contributed by atoms with van der Waals surface area (Å²) in [5, 5.41) is 7.26. The van der Waals surface area contributed by atoms with Crippen molar-refractivity contribution in [3.05, 3.63) is 70.4 Å². The van der Waals surface area contributed by atoms with E-state index >= 15 is 0 Å². The van der Waals surface area contributed by atoms with E-state index < -0.39 is 0 Å². The van der Waals surface area contributed by atoms with Crippen LogP contribution in [0.15, 0.2) is 48.5 Å². The van der Waals surface area contributed by atoms with Gasteiger partial charge in [-0.1, -0.05) is 35.4 Å². The summed E-state index contributed by atoms with van der Waals surface area (Å²) >= 11 is 6.17. The number of anilines is 4. The number of nitrogens with zero attached hydrogens (tertiary/aromatic N) is 2. The van der Waals surface area contributed by atoms with Crippen LogP contribution in [-0.2, 0) is 0 Å². The molecule has 0 amide bonds. The van der Waals surface area contributed by atoms with Crippen molar-refractivity contribution in [2.45, 2.75) is 20.8 Å². The van der Waals surface area contributed by atoms with E-state index in [4.69, 9.17) is 11.6 Å². The Labute approximate surface area is 146 Å². The predicted molar refractivity (Wildman–Crippen MR) is 101 cm³/mol. The molecular weight excluding hydrogens is 320 g/mol. The first-order chi connectivity index (χ1) is 11.5. The minimum absolute atomic E-state index is 0.537. The van der Waals surface area contributed by atoms with Crippen LogP contribution in [0.4, 0.5) is 23.1 Å². The molecule has 4 nitrogen and oxygen atoms in total. The second-order valence-corrected chi connectivity index (χ2v) is 6.15. The third-order valence-corrected chi connectivity index (χ3v) is 4.10. The summed E-state index contributed by atoms with van der Waals surface area (Å²) in [6, 6.07) is 15.8. The number of benzene rings is 2. The summed E-state index contributed by atoms with van der Waals surface area (Å²) in [6.45, 7) is 5.97. The number of hydrogen-bond donors (Lipinski definition) is 2. The van der Waals surface area contributed by atoms with Gasteiger partial charge in [0.1, 0.15) is 5.82 Å². The largest absolute Gasteiger partial charge is 0.340 e. The van der Waals surface area contributed by atoms with Crippen LogP contribution in [0, 0.1) is 20.8 Å². The molecule has 0 spiro atoms. The topological polar surface area (TPSA) is 49.8 Å². The van der Waals surface area contributed by atoms with Crippen LogP contribution < -0.4 is 10.6 Å². The van der Waals surface area contributed by atoms with E-state index in [-0.39, 0.29) is 0 Å². The summed E-state index contributed by atoms with van der Waals surface area (Å²) in [6.07, 6.45) is 0. The number of halogens is 1. The first-order valence-electron chi connectivity index (χ1n) is 7.73. The minimum atomic E-state index is 0.537. The van der Waals surface area contributed by atoms with Crippen molar-refractivity contribution in [3.8, 4) is 0 Å². The van der Waals surface area contributed by atoms with E-state index in [1.165, 1.54) is 5.56 Å². The first kappa shape index (κ1) is 16.3. The molecule has 122 valence electrons. The molecule has 0 saturated carbocycles. The summed E-state index contributed by atoms with van der Waals surface area (Å²) in [4.78, 5) is 8.99. The highest BCUT2D eigenvalue weighted by molar-refractivity contribution is 6.31. The van der Waals surface area contributed by atoms with Crippen LogP contribution in [0.5, 0.6) is 0 Å². The van der Waals surface area contributed by atoms with Gasteiger partial charge >= 0.3 is 0 Å². The van der Waals surface area contributed by atoms with Crippen molar-refractivity contribution in [2.75, 3.05) is 10.6 Å². The molecule has 2 aromatic carbocycles. The molecule has 5 heteroatoms. The molecule has 0 fully saturated rings. The zero-order valence-corrected chi connectivity index (χ0v) is 14.6. The average molecular weight is 339 g/mol. The summed E-state index contributed by atoms with van der Waals surface area (Å²) in [5.74, 6) is 1.28. The zero-order chi connectivity index (χ0) is 17.1. The zero-order valence-electron chi connectivity index (χ0n) is 13.9. The molecule has 3 rings (SSSR count). The average Bonchev–Trinajstić information content (AvgIpc) is 2.54. The molecule has 1 heterocycles. The number of rotatable bonds is 4. The molecule has 1 aromatic heterocycles. The molecule has 0 aliphatic rings. The maximum absolute atomic E-state index is 6.17. The van der Waals surface area contributed by atoms with E-state index in [1.807, 2.05) is 50.2 Å². The molecule has 0 bridgehead atoms. The monoisotopic (exact) mass is 338 g/mol. The van der Waals surface area contributed by atoms with E-state index in [0.29, 0.717) is 11.0 Å². The van der Waals surface area contributed by atoms with Gasteiger partial charge in [-0.25, -0.2) is 4.98 Å². The number of aryl methyl sites for hydroxylation is 2. The third kappa shape index (κ3) is 3.84. The van der Waals surface area contributed by atoms with Crippen molar-refractivity contribution < 1.29 is 0 Å². The number of hydrogen-bond acceptors (Lipinski definition) is 4. The quantitative estimate of drug-likeness (QED) is 0.655. The minimum Gasteiger partial charge on any atom is -0.340 e. The molecule has 0 unspecified atom stereocenters. The third-order valence-electron chi connectivity index (χ3n) is 3.69. The van der Waals surface area contributed by atoms with E-state index in [9.17, 15) is 0 Å². The SMILES string of the molecule is Cc1ccc(Nc2cc(C)nc(Nc3cccc(Cl)c3C)n2)cc1.